The Hall–Kier alpha value is -3.06. The van der Waals surface area contributed by atoms with Crippen LogP contribution >= 0.6 is 11.6 Å². The van der Waals surface area contributed by atoms with Gasteiger partial charge in [0, 0.05) is 17.8 Å². The number of hydrogen-bond acceptors (Lipinski definition) is 8. The van der Waals surface area contributed by atoms with Gasteiger partial charge in [0.05, 0.1) is 16.2 Å². The average Bonchev–Trinajstić information content (AvgIpc) is 3.16. The zero-order valence-corrected chi connectivity index (χ0v) is 20.9. The van der Waals surface area contributed by atoms with Crippen molar-refractivity contribution in [1.29, 1.82) is 0 Å². The molecule has 1 unspecified atom stereocenters. The number of aromatic nitrogens is 3. The van der Waals surface area contributed by atoms with E-state index in [2.05, 4.69) is 20.5 Å². The highest BCUT2D eigenvalue weighted by Gasteiger charge is 2.35. The number of rotatable bonds is 9. The molecular weight excluding hydrogens is 501 g/mol. The Morgan fingerprint density at radius 3 is 2.42 bits per heavy atom. The maximum Gasteiger partial charge on any atom is 0.417 e. The van der Waals surface area contributed by atoms with Gasteiger partial charge in [-0.25, -0.2) is 5.10 Å². The van der Waals surface area contributed by atoms with Crippen molar-refractivity contribution in [1.82, 2.24) is 20.1 Å². The monoisotopic (exact) mass is 528 g/mol. The lowest BCUT2D eigenvalue weighted by atomic mass is 9.98. The van der Waals surface area contributed by atoms with Gasteiger partial charge >= 0.3 is 6.18 Å². The minimum atomic E-state index is -4.68. The maximum atomic E-state index is 13.9. The highest BCUT2D eigenvalue weighted by Crippen LogP contribution is 2.43. The van der Waals surface area contributed by atoms with E-state index in [0.717, 1.165) is 6.07 Å². The summed E-state index contributed by atoms with van der Waals surface area (Å²) in [5, 5.41) is 18.7. The third-order valence-electron chi connectivity index (χ3n) is 4.85. The first-order chi connectivity index (χ1) is 16.7. The Morgan fingerprint density at radius 2 is 1.86 bits per heavy atom. The van der Waals surface area contributed by atoms with Gasteiger partial charge in [-0.1, -0.05) is 23.7 Å². The van der Waals surface area contributed by atoms with Gasteiger partial charge in [-0.2, -0.15) is 18.2 Å². The fraction of sp³-hybridized carbons (Fsp3) is 0.391. The standard InChI is InChI=1S/C23H28ClF3N6O3/c1-22(2,3)36-21(34)33(4)9-10-35-15-7-5-13(6-8-15)18-16(23(25,26)27)11-14(12-17(18)24)29-20-30-19(28)31-32-20/h5-8,11-12,21,34H,9-10H2,1-4H3,(H4,28,29,30,31,32). The number of ether oxygens (including phenoxy) is 2. The number of anilines is 3. The second-order valence-corrected chi connectivity index (χ2v) is 9.36. The lowest BCUT2D eigenvalue weighted by Gasteiger charge is -2.29. The summed E-state index contributed by atoms with van der Waals surface area (Å²) in [7, 11) is 1.68. The van der Waals surface area contributed by atoms with Crippen LogP contribution in [0.4, 0.5) is 30.8 Å². The van der Waals surface area contributed by atoms with Crippen LogP contribution < -0.4 is 15.8 Å². The molecule has 1 heterocycles. The number of alkyl halides is 3. The molecule has 2 aromatic carbocycles. The number of nitrogens with two attached hydrogens (primary N) is 1. The summed E-state index contributed by atoms with van der Waals surface area (Å²) in [6, 6.07) is 8.38. The molecule has 9 nitrogen and oxygen atoms in total. The predicted octanol–water partition coefficient (Wildman–Crippen LogP) is 4.87. The fourth-order valence-electron chi connectivity index (χ4n) is 3.20. The van der Waals surface area contributed by atoms with E-state index in [1.54, 1.807) is 24.1 Å². The van der Waals surface area contributed by atoms with Crippen LogP contribution in [-0.4, -0.2) is 57.4 Å². The van der Waals surface area contributed by atoms with Crippen LogP contribution in [0.25, 0.3) is 11.1 Å². The van der Waals surface area contributed by atoms with Crippen molar-refractivity contribution in [3.05, 3.63) is 47.0 Å². The number of halogens is 4. The molecule has 5 N–H and O–H groups in total. The fourth-order valence-corrected chi connectivity index (χ4v) is 3.53. The van der Waals surface area contributed by atoms with Crippen molar-refractivity contribution in [2.75, 3.05) is 31.2 Å². The van der Waals surface area contributed by atoms with Gasteiger partial charge in [0.15, 0.2) is 0 Å². The number of aliphatic hydroxyl groups is 1. The third-order valence-corrected chi connectivity index (χ3v) is 5.14. The van der Waals surface area contributed by atoms with Crippen molar-refractivity contribution in [2.45, 2.75) is 39.0 Å². The van der Waals surface area contributed by atoms with E-state index in [0.29, 0.717) is 12.3 Å². The average molecular weight is 529 g/mol. The van der Waals surface area contributed by atoms with Crippen molar-refractivity contribution >= 4 is 29.2 Å². The second-order valence-electron chi connectivity index (χ2n) is 8.96. The van der Waals surface area contributed by atoms with Gasteiger partial charge in [-0.15, -0.1) is 5.10 Å². The molecule has 13 heteroatoms. The Labute approximate surface area is 211 Å². The van der Waals surface area contributed by atoms with Crippen LogP contribution in [0, 0.1) is 0 Å². The number of likely N-dealkylation sites (N-methyl/N-ethyl adjacent to an activating group) is 1. The molecule has 3 rings (SSSR count). The zero-order chi connectivity index (χ0) is 26.7. The van der Waals surface area contributed by atoms with E-state index in [1.807, 2.05) is 20.8 Å². The third kappa shape index (κ3) is 7.47. The molecule has 0 bridgehead atoms. The Morgan fingerprint density at radius 1 is 1.19 bits per heavy atom. The molecule has 0 amide bonds. The molecule has 3 aromatic rings. The van der Waals surface area contributed by atoms with Gasteiger partial charge in [0.25, 0.3) is 0 Å². The normalized spacial score (nSPS) is 13.2. The molecule has 0 spiro atoms. The summed E-state index contributed by atoms with van der Waals surface area (Å²) in [5.74, 6) is 0.470. The minimum Gasteiger partial charge on any atom is -0.492 e. The second kappa shape index (κ2) is 10.9. The highest BCUT2D eigenvalue weighted by atomic mass is 35.5. The first-order valence-electron chi connectivity index (χ1n) is 10.9. The number of hydrogen-bond donors (Lipinski definition) is 4. The van der Waals surface area contributed by atoms with Gasteiger partial charge in [-0.05, 0) is 57.6 Å². The van der Waals surface area contributed by atoms with Crippen LogP contribution in [0.2, 0.25) is 5.02 Å². The van der Waals surface area contributed by atoms with Crippen LogP contribution in [0.5, 0.6) is 5.75 Å². The summed E-state index contributed by atoms with van der Waals surface area (Å²) in [6.07, 6.45) is -5.78. The first kappa shape index (κ1) is 27.5. The molecule has 1 aromatic heterocycles. The summed E-state index contributed by atoms with van der Waals surface area (Å²) < 4.78 is 52.9. The quantitative estimate of drug-likeness (QED) is 0.290. The molecule has 1 atom stereocenters. The molecular formula is C23H28ClF3N6O3. The lowest BCUT2D eigenvalue weighted by Crippen LogP contribution is -2.41. The summed E-state index contributed by atoms with van der Waals surface area (Å²) in [6.45, 7) is 6.06. The Bertz CT molecular complexity index is 1170. The van der Waals surface area contributed by atoms with Crippen LogP contribution in [0.15, 0.2) is 36.4 Å². The van der Waals surface area contributed by atoms with Crippen molar-refractivity contribution in [2.24, 2.45) is 0 Å². The molecule has 0 aliphatic carbocycles. The molecule has 0 fully saturated rings. The largest absolute Gasteiger partial charge is 0.492 e. The Kier molecular flexibility index (Phi) is 8.34. The Balaban J connectivity index is 1.73. The van der Waals surface area contributed by atoms with Gasteiger partial charge < -0.3 is 25.6 Å². The van der Waals surface area contributed by atoms with Crippen molar-refractivity contribution in [3.63, 3.8) is 0 Å². The first-order valence-corrected chi connectivity index (χ1v) is 11.3. The topological polar surface area (TPSA) is 122 Å². The summed E-state index contributed by atoms with van der Waals surface area (Å²) >= 11 is 6.29. The molecule has 0 saturated heterocycles. The maximum absolute atomic E-state index is 13.9. The number of aromatic amines is 1. The number of nitrogen functional groups attached to an aromatic ring is 1. The van der Waals surface area contributed by atoms with Crippen LogP contribution in [0.1, 0.15) is 26.3 Å². The van der Waals surface area contributed by atoms with E-state index < -0.39 is 23.8 Å². The molecule has 0 aliphatic rings. The van der Waals surface area contributed by atoms with Crippen LogP contribution in [0.3, 0.4) is 0 Å². The molecule has 36 heavy (non-hydrogen) atoms. The number of nitrogens with zero attached hydrogens (tertiary/aromatic N) is 3. The molecule has 196 valence electrons. The van der Waals surface area contributed by atoms with E-state index in [1.165, 1.54) is 18.2 Å². The summed E-state index contributed by atoms with van der Waals surface area (Å²) in [5.41, 5.74) is 4.16. The van der Waals surface area contributed by atoms with Gasteiger partial charge in [-0.3, -0.25) is 4.90 Å². The number of benzene rings is 2. The lowest BCUT2D eigenvalue weighted by molar-refractivity contribution is -0.233. The molecule has 0 saturated carbocycles. The van der Waals surface area contributed by atoms with Gasteiger partial charge in [0.2, 0.25) is 18.3 Å². The van der Waals surface area contributed by atoms with Crippen molar-refractivity contribution in [3.8, 4) is 16.9 Å². The number of H-pyrrole nitrogens is 1. The van der Waals surface area contributed by atoms with E-state index >= 15 is 0 Å². The predicted molar refractivity (Wildman–Crippen MR) is 131 cm³/mol. The van der Waals surface area contributed by atoms with E-state index in [-0.39, 0.29) is 40.3 Å². The van der Waals surface area contributed by atoms with E-state index in [9.17, 15) is 18.3 Å². The number of aliphatic hydroxyl groups excluding tert-OH is 1. The number of nitrogens with one attached hydrogen (secondary N) is 2. The van der Waals surface area contributed by atoms with E-state index in [4.69, 9.17) is 26.8 Å². The minimum absolute atomic E-state index is 0.00840. The smallest absolute Gasteiger partial charge is 0.417 e. The van der Waals surface area contributed by atoms with Crippen LogP contribution in [-0.2, 0) is 10.9 Å². The highest BCUT2D eigenvalue weighted by molar-refractivity contribution is 6.34. The molecule has 0 radical (unpaired) electrons. The zero-order valence-electron chi connectivity index (χ0n) is 20.2. The van der Waals surface area contributed by atoms with Crippen molar-refractivity contribution < 1.29 is 27.8 Å². The SMILES string of the molecule is CN(CCOc1ccc(-c2c(Cl)cc(Nc3n[nH]c(N)n3)cc2C(F)(F)F)cc1)C(O)OC(C)(C)C. The summed E-state index contributed by atoms with van der Waals surface area (Å²) in [4.78, 5) is 5.38. The van der Waals surface area contributed by atoms with Gasteiger partial charge in [0.1, 0.15) is 12.4 Å². The molecule has 0 aliphatic heterocycles.